The number of rotatable bonds is 88. The van der Waals surface area contributed by atoms with Crippen LogP contribution in [-0.4, -0.2) is 95.9 Å². The zero-order valence-corrected chi connectivity index (χ0v) is 76.8. The predicted molar refractivity (Wildman–Crippen MR) is 500 cm³/mol. The second-order valence-corrected chi connectivity index (χ2v) is 34.0. The van der Waals surface area contributed by atoms with Crippen molar-refractivity contribution < 1.29 is 75.8 Å². The Balaban J connectivity index is 4.56. The summed E-state index contributed by atoms with van der Waals surface area (Å²) in [4.78, 5) is 59.0. The van der Waals surface area contributed by atoms with Crippen LogP contribution in [0.25, 0.3) is 0 Å². The molecule has 0 aromatic heterocycles. The van der Waals surface area contributed by atoms with E-state index in [4.69, 9.17) is 32.3 Å². The number of aliphatic hydroxyl groups excluding tert-OH is 2. The fourth-order valence-electron chi connectivity index (χ4n) is 12.5. The fourth-order valence-corrected chi connectivity index (χ4v) is 14.1. The molecular weight excluding hydrogens is 1530 g/mol. The molecule has 0 rings (SSSR count). The molecule has 0 aromatic carbocycles. The van der Waals surface area contributed by atoms with Crippen molar-refractivity contribution >= 4 is 33.6 Å². The van der Waals surface area contributed by atoms with Crippen molar-refractivity contribution in [2.45, 2.75) is 399 Å². The number of allylic oxidation sites excluding steroid dienone is 30. The highest BCUT2D eigenvalue weighted by Crippen LogP contribution is 2.45. The topological polar surface area (TPSA) is 231 Å². The molecule has 0 spiro atoms. The highest BCUT2D eigenvalue weighted by atomic mass is 31.2. The Hall–Kier alpha value is -5.35. The normalized spacial score (nSPS) is 14.6. The van der Waals surface area contributed by atoms with Crippen molar-refractivity contribution in [1.82, 2.24) is 0 Å². The molecule has 0 aliphatic heterocycles. The minimum absolute atomic E-state index is 0.0859. The highest BCUT2D eigenvalue weighted by molar-refractivity contribution is 7.47. The first-order chi connectivity index (χ1) is 58.2. The van der Waals surface area contributed by atoms with Crippen LogP contribution in [0, 0.1) is 0 Å². The molecule has 4 N–H and O–H groups in total. The maximum atomic E-state index is 13.1. The average Bonchev–Trinajstić information content (AvgIpc) is 0.941. The molecule has 0 saturated heterocycles. The summed E-state index contributed by atoms with van der Waals surface area (Å²) in [5, 5.41) is 20.7. The third kappa shape index (κ3) is 93.2. The lowest BCUT2D eigenvalue weighted by atomic mass is 10.0. The van der Waals surface area contributed by atoms with Gasteiger partial charge in [0, 0.05) is 19.3 Å². The van der Waals surface area contributed by atoms with Gasteiger partial charge in [-0.2, -0.15) is 0 Å². The van der Waals surface area contributed by atoms with E-state index in [1.807, 2.05) is 0 Å². The second-order valence-electron chi connectivity index (χ2n) is 31.0. The smallest absolute Gasteiger partial charge is 0.463 e. The molecule has 0 heterocycles. The van der Waals surface area contributed by atoms with Crippen LogP contribution in [0.3, 0.4) is 0 Å². The van der Waals surface area contributed by atoms with Gasteiger partial charge in [0.15, 0.2) is 6.10 Å². The Morgan fingerprint density at radius 3 is 0.706 bits per heavy atom. The first-order valence-electron chi connectivity index (χ1n) is 47.1. The van der Waals surface area contributed by atoms with E-state index in [-0.39, 0.29) is 19.3 Å². The summed E-state index contributed by atoms with van der Waals surface area (Å²) in [6.07, 6.45) is 121. The molecule has 5 unspecified atom stereocenters. The Morgan fingerprint density at radius 2 is 0.445 bits per heavy atom. The van der Waals surface area contributed by atoms with Crippen molar-refractivity contribution in [2.75, 3.05) is 39.6 Å². The number of hydrogen-bond acceptors (Lipinski definition) is 14. The van der Waals surface area contributed by atoms with E-state index in [9.17, 15) is 43.5 Å². The lowest BCUT2D eigenvalue weighted by Gasteiger charge is -2.21. The molecular formula is C101H170O16P2. The lowest BCUT2D eigenvalue weighted by Crippen LogP contribution is -2.30. The van der Waals surface area contributed by atoms with Crippen LogP contribution >= 0.6 is 15.6 Å². The molecule has 0 fully saturated rings. The summed E-state index contributed by atoms with van der Waals surface area (Å²) in [5.41, 5.74) is 0. The maximum absolute atomic E-state index is 13.1. The van der Waals surface area contributed by atoms with Crippen molar-refractivity contribution in [3.63, 3.8) is 0 Å². The van der Waals surface area contributed by atoms with Crippen molar-refractivity contribution in [3.05, 3.63) is 182 Å². The van der Waals surface area contributed by atoms with Crippen LogP contribution in [0.1, 0.15) is 380 Å². The molecule has 0 aromatic rings. The molecule has 119 heavy (non-hydrogen) atoms. The Labute approximate surface area is 725 Å². The molecule has 16 nitrogen and oxygen atoms in total. The monoisotopic (exact) mass is 1700 g/mol. The number of hydrogen-bond donors (Lipinski definition) is 4. The van der Waals surface area contributed by atoms with Gasteiger partial charge in [0.25, 0.3) is 0 Å². The summed E-state index contributed by atoms with van der Waals surface area (Å²) < 4.78 is 61.5. The second kappa shape index (κ2) is 91.8. The van der Waals surface area contributed by atoms with E-state index < -0.39 is 91.5 Å². The van der Waals surface area contributed by atoms with Gasteiger partial charge in [-0.1, -0.05) is 383 Å². The third-order valence-corrected chi connectivity index (χ3v) is 21.5. The minimum Gasteiger partial charge on any atom is -0.463 e. The standard InChI is InChI=1S/C101H170O16P2/c1-4-7-10-13-16-19-22-25-28-31-34-36-38-40-42-44-46-47-49-51-52-54-56-58-61-63-66-69-72-75-78-81-84-87-99(104)111-90-96(102)91-113-118(107,108)114-92-97(103)93-115-119(109,110)116-95-98(117-101(106)89-86-83-80-77-74-71-68-65-60-33-30-27-24-21-18-15-12-9-6-3)94-112-100(105)88-85-82-79-76-73-70-67-64-62-59-57-55-53-50-48-45-43-41-39-37-35-32-29-26-23-20-17-14-11-8-5-2/h7-8,10-11,16-21,25-30,34-37,40-43,46-48,50,60,65,96-98,102-103H,4-6,9,12-15,22-24,31-33,38-39,44-45,49,51-59,61-64,66-95H2,1-3H3,(H,107,108)(H,109,110)/b10-7-,11-8-,19-16-,20-17-,21-18-,28-25-,29-26-,30-27-,36-34-,37-35-,42-40-,43-41-,47-46-,50-48-,65-60-. The van der Waals surface area contributed by atoms with Crippen LogP contribution in [0.15, 0.2) is 182 Å². The number of phosphoric ester groups is 2. The quantitative estimate of drug-likeness (QED) is 0.0146. The van der Waals surface area contributed by atoms with E-state index in [0.29, 0.717) is 19.3 Å². The van der Waals surface area contributed by atoms with Crippen molar-refractivity contribution in [3.8, 4) is 0 Å². The predicted octanol–water partition coefficient (Wildman–Crippen LogP) is 29.2. The maximum Gasteiger partial charge on any atom is 0.472 e. The summed E-state index contributed by atoms with van der Waals surface area (Å²) in [6.45, 7) is 2.45. The molecule has 680 valence electrons. The molecule has 0 radical (unpaired) electrons. The zero-order chi connectivity index (χ0) is 86.5. The van der Waals surface area contributed by atoms with Gasteiger partial charge in [0.1, 0.15) is 25.4 Å². The Morgan fingerprint density at radius 1 is 0.244 bits per heavy atom. The SMILES string of the molecule is CC/C=C\C/C=C\C/C=C\C/C=C\C/C=C\C/C=C\CCCCCCCCCCCCCCCCC(=O)OCC(O)COP(=O)(O)OCC(O)COP(=O)(O)OCC(COC(=O)CCCCCCCCCCCCCC/C=C\C/C=C\C/C=C\C/C=C\C/C=C\C/C=C\CC)OC(=O)CCCCCCCC/C=C\C/C=C\C/C=C\CCCCC. The number of carbonyl (C=O) groups excluding carboxylic acids is 3. The van der Waals surface area contributed by atoms with Gasteiger partial charge in [-0.25, -0.2) is 9.13 Å². The minimum atomic E-state index is -4.95. The number of esters is 3. The van der Waals surface area contributed by atoms with Crippen LogP contribution in [-0.2, 0) is 55.8 Å². The number of carbonyl (C=O) groups is 3. The summed E-state index contributed by atoms with van der Waals surface area (Å²) in [6, 6.07) is 0. The highest BCUT2D eigenvalue weighted by Gasteiger charge is 2.29. The molecule has 0 bridgehead atoms. The van der Waals surface area contributed by atoms with E-state index in [0.717, 1.165) is 193 Å². The zero-order valence-electron chi connectivity index (χ0n) is 75.0. The van der Waals surface area contributed by atoms with Gasteiger partial charge >= 0.3 is 33.6 Å². The van der Waals surface area contributed by atoms with Crippen LogP contribution in [0.2, 0.25) is 0 Å². The molecule has 5 atom stereocenters. The summed E-state index contributed by atoms with van der Waals surface area (Å²) in [7, 11) is -9.82. The molecule has 18 heteroatoms. The van der Waals surface area contributed by atoms with Gasteiger partial charge in [0.2, 0.25) is 0 Å². The lowest BCUT2D eigenvalue weighted by molar-refractivity contribution is -0.161. The van der Waals surface area contributed by atoms with E-state index >= 15 is 0 Å². The molecule has 0 amide bonds. The van der Waals surface area contributed by atoms with E-state index in [1.54, 1.807) is 0 Å². The van der Waals surface area contributed by atoms with Crippen molar-refractivity contribution in [2.24, 2.45) is 0 Å². The summed E-state index contributed by atoms with van der Waals surface area (Å²) in [5.74, 6) is -1.59. The van der Waals surface area contributed by atoms with Crippen molar-refractivity contribution in [1.29, 1.82) is 0 Å². The molecule has 0 saturated carbocycles. The Kier molecular flexibility index (Phi) is 87.7. The van der Waals surface area contributed by atoms with Crippen LogP contribution in [0.5, 0.6) is 0 Å². The number of unbranched alkanes of at least 4 members (excludes halogenated alkanes) is 35. The van der Waals surface area contributed by atoms with Crippen LogP contribution in [0.4, 0.5) is 0 Å². The van der Waals surface area contributed by atoms with Gasteiger partial charge in [-0.3, -0.25) is 32.5 Å². The first-order valence-corrected chi connectivity index (χ1v) is 50.1. The third-order valence-electron chi connectivity index (χ3n) is 19.6. The van der Waals surface area contributed by atoms with Gasteiger partial charge in [0.05, 0.1) is 26.4 Å². The first kappa shape index (κ1) is 114. The van der Waals surface area contributed by atoms with E-state index in [2.05, 4.69) is 203 Å². The van der Waals surface area contributed by atoms with Gasteiger partial charge in [-0.05, 0) is 161 Å². The largest absolute Gasteiger partial charge is 0.472 e. The van der Waals surface area contributed by atoms with E-state index in [1.165, 1.54) is 128 Å². The number of phosphoric acid groups is 2. The number of ether oxygens (including phenoxy) is 3. The van der Waals surface area contributed by atoms with Gasteiger partial charge in [-0.15, -0.1) is 0 Å². The van der Waals surface area contributed by atoms with Crippen LogP contribution < -0.4 is 0 Å². The Bertz CT molecular complexity index is 2890. The molecule has 0 aliphatic rings. The number of aliphatic hydroxyl groups is 2. The molecule has 0 aliphatic carbocycles. The summed E-state index contributed by atoms with van der Waals surface area (Å²) >= 11 is 0. The van der Waals surface area contributed by atoms with Gasteiger partial charge < -0.3 is 34.2 Å². The fraction of sp³-hybridized carbons (Fsp3) is 0.673. The average molecular weight is 1700 g/mol.